The van der Waals surface area contributed by atoms with Gasteiger partial charge in [0.25, 0.3) is 0 Å². The van der Waals surface area contributed by atoms with E-state index >= 15 is 0 Å². The fourth-order valence-corrected chi connectivity index (χ4v) is 1.71. The van der Waals surface area contributed by atoms with Crippen molar-refractivity contribution < 1.29 is 18.7 Å². The third-order valence-corrected chi connectivity index (χ3v) is 2.76. The Balaban J connectivity index is 1.73. The van der Waals surface area contributed by atoms with Crippen LogP contribution in [0.4, 0.5) is 10.1 Å². The van der Waals surface area contributed by atoms with Crippen LogP contribution in [0.2, 0.25) is 0 Å². The van der Waals surface area contributed by atoms with Crippen LogP contribution in [0.1, 0.15) is 11.3 Å². The maximum atomic E-state index is 13.1. The first-order valence-corrected chi connectivity index (χ1v) is 6.40. The Morgan fingerprint density at radius 2 is 2.29 bits per heavy atom. The molecule has 2 N–H and O–H groups in total. The van der Waals surface area contributed by atoms with Crippen LogP contribution in [-0.4, -0.2) is 24.4 Å². The van der Waals surface area contributed by atoms with Crippen molar-refractivity contribution >= 4 is 5.69 Å². The largest absolute Gasteiger partial charge is 0.467 e. The lowest BCUT2D eigenvalue weighted by atomic mass is 10.2. The summed E-state index contributed by atoms with van der Waals surface area (Å²) in [6.07, 6.45) is 0.827. The normalized spacial score (nSPS) is 11.9. The molecule has 0 saturated carbocycles. The van der Waals surface area contributed by atoms with E-state index in [9.17, 15) is 9.50 Å². The van der Waals surface area contributed by atoms with Gasteiger partial charge in [0.15, 0.2) is 0 Å². The van der Waals surface area contributed by atoms with Gasteiger partial charge in [0.2, 0.25) is 0 Å². The van der Waals surface area contributed by atoms with Gasteiger partial charge in [0, 0.05) is 12.2 Å². The molecule has 0 radical (unpaired) electrons. The molecule has 6 heteroatoms. The highest BCUT2D eigenvalue weighted by atomic mass is 19.1. The molecule has 110 valence electrons. The van der Waals surface area contributed by atoms with E-state index in [-0.39, 0.29) is 18.7 Å². The second-order valence-corrected chi connectivity index (χ2v) is 4.44. The maximum Gasteiger partial charge on any atom is 0.141 e. The molecule has 0 amide bonds. The highest BCUT2D eigenvalue weighted by molar-refractivity contribution is 5.49. The number of halogens is 1. The zero-order chi connectivity index (χ0) is 15.1. The first-order chi connectivity index (χ1) is 10.2. The van der Waals surface area contributed by atoms with Crippen LogP contribution in [0, 0.1) is 17.1 Å². The van der Waals surface area contributed by atoms with Crippen molar-refractivity contribution in [1.82, 2.24) is 0 Å². The Bertz CT molecular complexity index is 608. The molecule has 2 rings (SSSR count). The van der Waals surface area contributed by atoms with Crippen molar-refractivity contribution in [3.63, 3.8) is 0 Å². The summed E-state index contributed by atoms with van der Waals surface area (Å²) in [5, 5.41) is 21.4. The molecule has 0 aliphatic carbocycles. The molecular weight excluding hydrogens is 275 g/mol. The Labute approximate surface area is 121 Å². The summed E-state index contributed by atoms with van der Waals surface area (Å²) in [7, 11) is 0. The summed E-state index contributed by atoms with van der Waals surface area (Å²) in [6.45, 7) is 0.661. The predicted molar refractivity (Wildman–Crippen MR) is 74.0 cm³/mol. The minimum Gasteiger partial charge on any atom is -0.467 e. The van der Waals surface area contributed by atoms with E-state index < -0.39 is 11.9 Å². The van der Waals surface area contributed by atoms with Gasteiger partial charge in [-0.3, -0.25) is 0 Å². The Hall–Kier alpha value is -2.36. The number of rotatable bonds is 7. The Kier molecular flexibility index (Phi) is 5.32. The van der Waals surface area contributed by atoms with Gasteiger partial charge in [-0.05, 0) is 30.3 Å². The van der Waals surface area contributed by atoms with E-state index in [1.54, 1.807) is 24.5 Å². The summed E-state index contributed by atoms with van der Waals surface area (Å²) in [5.74, 6) is 0.123. The van der Waals surface area contributed by atoms with Crippen LogP contribution in [0.5, 0.6) is 0 Å². The fourth-order valence-electron chi connectivity index (χ4n) is 1.71. The van der Waals surface area contributed by atoms with Gasteiger partial charge in [-0.15, -0.1) is 0 Å². The van der Waals surface area contributed by atoms with Crippen LogP contribution in [0.15, 0.2) is 41.0 Å². The molecule has 0 saturated heterocycles. The molecule has 5 nitrogen and oxygen atoms in total. The Morgan fingerprint density at radius 3 is 3.00 bits per heavy atom. The number of nitrogens with zero attached hydrogens (tertiary/aromatic N) is 1. The lowest BCUT2D eigenvalue weighted by molar-refractivity contribution is 0.0282. The molecular formula is C15H15FN2O3. The second kappa shape index (κ2) is 7.43. The number of aliphatic hydroxyl groups excluding tert-OH is 1. The fraction of sp³-hybridized carbons (Fsp3) is 0.267. The van der Waals surface area contributed by atoms with Crippen molar-refractivity contribution in [3.8, 4) is 6.07 Å². The number of furan rings is 1. The van der Waals surface area contributed by atoms with E-state index in [1.165, 1.54) is 18.2 Å². The summed E-state index contributed by atoms with van der Waals surface area (Å²) >= 11 is 0. The van der Waals surface area contributed by atoms with E-state index in [0.29, 0.717) is 18.1 Å². The maximum absolute atomic E-state index is 13.1. The summed E-state index contributed by atoms with van der Waals surface area (Å²) < 4.78 is 23.5. The first-order valence-electron chi connectivity index (χ1n) is 6.40. The van der Waals surface area contributed by atoms with Crippen LogP contribution in [-0.2, 0) is 11.3 Å². The van der Waals surface area contributed by atoms with Gasteiger partial charge in [0.05, 0.1) is 24.5 Å². The molecule has 0 spiro atoms. The number of hydrogen-bond acceptors (Lipinski definition) is 5. The zero-order valence-corrected chi connectivity index (χ0v) is 11.3. The third kappa shape index (κ3) is 4.60. The van der Waals surface area contributed by atoms with Crippen LogP contribution in [0.3, 0.4) is 0 Å². The third-order valence-electron chi connectivity index (χ3n) is 2.76. The monoisotopic (exact) mass is 290 g/mol. The van der Waals surface area contributed by atoms with E-state index in [4.69, 9.17) is 14.4 Å². The quantitative estimate of drug-likeness (QED) is 0.818. The molecule has 1 aromatic carbocycles. The molecule has 1 aromatic heterocycles. The van der Waals surface area contributed by atoms with Crippen molar-refractivity contribution in [2.75, 3.05) is 18.5 Å². The van der Waals surface area contributed by atoms with Gasteiger partial charge in [-0.2, -0.15) is 5.26 Å². The smallest absolute Gasteiger partial charge is 0.141 e. The van der Waals surface area contributed by atoms with Gasteiger partial charge >= 0.3 is 0 Å². The second-order valence-electron chi connectivity index (χ2n) is 4.44. The number of hydrogen-bond donors (Lipinski definition) is 2. The summed E-state index contributed by atoms with van der Waals surface area (Å²) in [5.41, 5.74) is 0.529. The molecule has 2 aromatic rings. The SMILES string of the molecule is N#Cc1cc(NCC(O)COCc2ccco2)ccc1F. The molecule has 1 heterocycles. The van der Waals surface area contributed by atoms with E-state index in [1.807, 2.05) is 0 Å². The minimum absolute atomic E-state index is 0.0384. The number of nitriles is 1. The summed E-state index contributed by atoms with van der Waals surface area (Å²) in [6, 6.07) is 9.42. The van der Waals surface area contributed by atoms with Gasteiger partial charge in [0.1, 0.15) is 24.3 Å². The topological polar surface area (TPSA) is 78.4 Å². The zero-order valence-electron chi connectivity index (χ0n) is 11.3. The van der Waals surface area contributed by atoms with Crippen LogP contribution >= 0.6 is 0 Å². The Morgan fingerprint density at radius 1 is 1.43 bits per heavy atom. The minimum atomic E-state index is -0.726. The molecule has 1 unspecified atom stereocenters. The average Bonchev–Trinajstić information content (AvgIpc) is 2.99. The molecule has 0 fully saturated rings. The number of anilines is 1. The molecule has 0 aliphatic heterocycles. The van der Waals surface area contributed by atoms with E-state index in [2.05, 4.69) is 5.32 Å². The van der Waals surface area contributed by atoms with Crippen molar-refractivity contribution in [3.05, 3.63) is 53.7 Å². The van der Waals surface area contributed by atoms with Gasteiger partial charge in [-0.25, -0.2) is 4.39 Å². The molecule has 21 heavy (non-hydrogen) atoms. The summed E-state index contributed by atoms with van der Waals surface area (Å²) in [4.78, 5) is 0. The van der Waals surface area contributed by atoms with Gasteiger partial charge < -0.3 is 19.6 Å². The molecule has 0 bridgehead atoms. The lowest BCUT2D eigenvalue weighted by Gasteiger charge is -2.13. The van der Waals surface area contributed by atoms with Crippen LogP contribution < -0.4 is 5.32 Å². The van der Waals surface area contributed by atoms with Gasteiger partial charge in [-0.1, -0.05) is 0 Å². The highest BCUT2D eigenvalue weighted by Gasteiger charge is 2.07. The number of benzene rings is 1. The van der Waals surface area contributed by atoms with Crippen molar-refractivity contribution in [2.45, 2.75) is 12.7 Å². The standard InChI is InChI=1S/C15H15FN2O3/c16-15-4-3-12(6-11(15)7-17)18-8-13(19)9-20-10-14-2-1-5-21-14/h1-6,13,18-19H,8-10H2. The van der Waals surface area contributed by atoms with Crippen LogP contribution in [0.25, 0.3) is 0 Å². The van der Waals surface area contributed by atoms with Crippen molar-refractivity contribution in [2.24, 2.45) is 0 Å². The predicted octanol–water partition coefficient (Wildman–Crippen LogP) is 2.28. The average molecular weight is 290 g/mol. The number of nitrogens with one attached hydrogen (secondary N) is 1. The molecule has 1 atom stereocenters. The highest BCUT2D eigenvalue weighted by Crippen LogP contribution is 2.13. The first kappa shape index (κ1) is 15.0. The lowest BCUT2D eigenvalue weighted by Crippen LogP contribution is -2.24. The number of ether oxygens (including phenoxy) is 1. The number of aliphatic hydroxyl groups is 1. The molecule has 0 aliphatic rings. The van der Waals surface area contributed by atoms with Crippen molar-refractivity contribution in [1.29, 1.82) is 5.26 Å². The van der Waals surface area contributed by atoms with E-state index in [0.717, 1.165) is 0 Å².